The Morgan fingerprint density at radius 2 is 1.89 bits per heavy atom. The molecule has 5 rings (SSSR count). The van der Waals surface area contributed by atoms with Crippen LogP contribution in [0.3, 0.4) is 0 Å². The Labute approximate surface area is 220 Å². The van der Waals surface area contributed by atoms with E-state index in [0.717, 1.165) is 58.3 Å². The third-order valence-electron chi connectivity index (χ3n) is 6.30. The third-order valence-corrected chi connectivity index (χ3v) is 6.30. The number of fused-ring (bicyclic) bond motifs is 1. The maximum atomic E-state index is 14.7. The molecule has 8 nitrogen and oxygen atoms in total. The van der Waals surface area contributed by atoms with Gasteiger partial charge >= 0.3 is 0 Å². The van der Waals surface area contributed by atoms with E-state index in [0.29, 0.717) is 22.9 Å². The van der Waals surface area contributed by atoms with Crippen LogP contribution in [-0.4, -0.2) is 60.7 Å². The van der Waals surface area contributed by atoms with Gasteiger partial charge in [-0.3, -0.25) is 5.10 Å². The van der Waals surface area contributed by atoms with E-state index < -0.39 is 0 Å². The Kier molecular flexibility index (Phi) is 7.19. The smallest absolute Gasteiger partial charge is 0.181 e. The van der Waals surface area contributed by atoms with Gasteiger partial charge in [-0.25, -0.2) is 24.3 Å². The molecule has 0 saturated carbocycles. The highest BCUT2D eigenvalue weighted by Crippen LogP contribution is 2.32. The number of aryl methyl sites for hydroxylation is 2. The van der Waals surface area contributed by atoms with Gasteiger partial charge in [-0.15, -0.1) is 0 Å². The van der Waals surface area contributed by atoms with Crippen LogP contribution < -0.4 is 0 Å². The first-order valence-corrected chi connectivity index (χ1v) is 12.4. The van der Waals surface area contributed by atoms with Gasteiger partial charge in [0.1, 0.15) is 17.8 Å². The SMILES string of the molecule is C=C/C=C(/c1cc(F)cc(CCCN(C)C)c1)c1nc(-c2[nH]nc3ncc(-c4cncnc4)cc23)[nH]c1C. The van der Waals surface area contributed by atoms with Gasteiger partial charge in [0.05, 0.1) is 11.1 Å². The number of hydrogen-bond donors (Lipinski definition) is 2. The number of hydrogen-bond acceptors (Lipinski definition) is 6. The van der Waals surface area contributed by atoms with E-state index in [4.69, 9.17) is 4.98 Å². The fourth-order valence-electron chi connectivity index (χ4n) is 4.51. The van der Waals surface area contributed by atoms with Crippen molar-refractivity contribution in [3.05, 3.63) is 96.2 Å². The zero-order valence-corrected chi connectivity index (χ0v) is 21.7. The van der Waals surface area contributed by atoms with Gasteiger partial charge in [-0.05, 0) is 69.7 Å². The minimum Gasteiger partial charge on any atom is -0.340 e. The Morgan fingerprint density at radius 1 is 1.08 bits per heavy atom. The summed E-state index contributed by atoms with van der Waals surface area (Å²) in [5.41, 5.74) is 7.07. The molecule has 9 heteroatoms. The first kappa shape index (κ1) is 25.2. The molecular formula is C29H29FN8. The molecule has 0 radical (unpaired) electrons. The highest BCUT2D eigenvalue weighted by Gasteiger charge is 2.19. The number of rotatable bonds is 9. The van der Waals surface area contributed by atoms with E-state index in [2.05, 4.69) is 41.6 Å². The molecule has 0 aliphatic heterocycles. The second kappa shape index (κ2) is 10.9. The van der Waals surface area contributed by atoms with Gasteiger partial charge in [-0.1, -0.05) is 24.8 Å². The Bertz CT molecular complexity index is 1610. The van der Waals surface area contributed by atoms with Crippen LogP contribution in [0.25, 0.3) is 39.3 Å². The van der Waals surface area contributed by atoms with Crippen molar-refractivity contribution in [3.63, 3.8) is 0 Å². The molecule has 4 heterocycles. The first-order chi connectivity index (χ1) is 18.4. The fraction of sp³-hybridized carbons (Fsp3) is 0.207. The van der Waals surface area contributed by atoms with Crippen molar-refractivity contribution in [3.8, 4) is 22.6 Å². The summed E-state index contributed by atoms with van der Waals surface area (Å²) in [6.45, 7) is 6.77. The predicted molar refractivity (Wildman–Crippen MR) is 148 cm³/mol. The van der Waals surface area contributed by atoms with Crippen molar-refractivity contribution in [2.75, 3.05) is 20.6 Å². The zero-order valence-electron chi connectivity index (χ0n) is 21.7. The number of pyridine rings is 1. The van der Waals surface area contributed by atoms with E-state index in [9.17, 15) is 4.39 Å². The highest BCUT2D eigenvalue weighted by atomic mass is 19.1. The monoisotopic (exact) mass is 508 g/mol. The molecule has 5 aromatic rings. The minimum atomic E-state index is -0.270. The Balaban J connectivity index is 1.53. The molecule has 0 spiro atoms. The van der Waals surface area contributed by atoms with Crippen LogP contribution in [-0.2, 0) is 6.42 Å². The number of aromatic nitrogens is 7. The van der Waals surface area contributed by atoms with E-state index >= 15 is 0 Å². The van der Waals surface area contributed by atoms with Gasteiger partial charge in [0.2, 0.25) is 0 Å². The molecular weight excluding hydrogens is 479 g/mol. The van der Waals surface area contributed by atoms with Crippen LogP contribution in [0.4, 0.5) is 4.39 Å². The number of H-pyrrole nitrogens is 2. The van der Waals surface area contributed by atoms with Crippen LogP contribution in [0.2, 0.25) is 0 Å². The maximum absolute atomic E-state index is 14.7. The summed E-state index contributed by atoms with van der Waals surface area (Å²) in [6.07, 6.45) is 12.0. The molecule has 0 bridgehead atoms. The molecule has 2 N–H and O–H groups in total. The largest absolute Gasteiger partial charge is 0.340 e. The minimum absolute atomic E-state index is 0.270. The first-order valence-electron chi connectivity index (χ1n) is 12.4. The lowest BCUT2D eigenvalue weighted by Gasteiger charge is -2.11. The average molecular weight is 509 g/mol. The Morgan fingerprint density at radius 3 is 2.66 bits per heavy atom. The number of imidazole rings is 1. The summed E-state index contributed by atoms with van der Waals surface area (Å²) >= 11 is 0. The molecule has 0 aliphatic rings. The van der Waals surface area contributed by atoms with E-state index in [-0.39, 0.29) is 5.82 Å². The van der Waals surface area contributed by atoms with Crippen molar-refractivity contribution in [2.24, 2.45) is 0 Å². The van der Waals surface area contributed by atoms with E-state index in [1.54, 1.807) is 36.8 Å². The molecule has 0 unspecified atom stereocenters. The van der Waals surface area contributed by atoms with Gasteiger partial charge in [0.15, 0.2) is 11.5 Å². The number of nitrogens with one attached hydrogen (secondary N) is 2. The van der Waals surface area contributed by atoms with Gasteiger partial charge in [0, 0.05) is 41.0 Å². The summed E-state index contributed by atoms with van der Waals surface area (Å²) in [5, 5.41) is 8.24. The lowest BCUT2D eigenvalue weighted by molar-refractivity contribution is 0.400. The predicted octanol–water partition coefficient (Wildman–Crippen LogP) is 5.36. The normalized spacial score (nSPS) is 12.0. The van der Waals surface area contributed by atoms with Crippen molar-refractivity contribution in [1.29, 1.82) is 0 Å². The van der Waals surface area contributed by atoms with E-state index in [1.165, 1.54) is 6.33 Å². The number of benzene rings is 1. The van der Waals surface area contributed by atoms with Crippen molar-refractivity contribution < 1.29 is 4.39 Å². The van der Waals surface area contributed by atoms with Crippen LogP contribution in [0, 0.1) is 12.7 Å². The van der Waals surface area contributed by atoms with Crippen molar-refractivity contribution in [1.82, 2.24) is 40.0 Å². The topological polar surface area (TPSA) is 99.3 Å². The number of aromatic amines is 2. The van der Waals surface area contributed by atoms with E-state index in [1.807, 2.05) is 39.2 Å². The average Bonchev–Trinajstić information content (AvgIpc) is 3.50. The number of nitrogens with zero attached hydrogens (tertiary/aromatic N) is 6. The number of halogens is 1. The maximum Gasteiger partial charge on any atom is 0.181 e. The van der Waals surface area contributed by atoms with Gasteiger partial charge in [0.25, 0.3) is 0 Å². The number of allylic oxidation sites excluding steroid dienone is 2. The van der Waals surface area contributed by atoms with Crippen molar-refractivity contribution in [2.45, 2.75) is 19.8 Å². The summed E-state index contributed by atoms with van der Waals surface area (Å²) in [6, 6.07) is 7.17. The lowest BCUT2D eigenvalue weighted by Crippen LogP contribution is -2.13. The summed E-state index contributed by atoms with van der Waals surface area (Å²) in [5.74, 6) is 0.342. The fourth-order valence-corrected chi connectivity index (χ4v) is 4.51. The Hall–Kier alpha value is -4.50. The third kappa shape index (κ3) is 5.28. The molecule has 38 heavy (non-hydrogen) atoms. The molecule has 1 aromatic carbocycles. The second-order valence-corrected chi connectivity index (χ2v) is 9.45. The molecule has 0 atom stereocenters. The molecule has 192 valence electrons. The molecule has 0 amide bonds. The zero-order chi connectivity index (χ0) is 26.6. The van der Waals surface area contributed by atoms with Crippen LogP contribution in [0.15, 0.2) is 67.9 Å². The van der Waals surface area contributed by atoms with Gasteiger partial charge in [-0.2, -0.15) is 5.10 Å². The molecule has 0 aliphatic carbocycles. The van der Waals surface area contributed by atoms with Gasteiger partial charge < -0.3 is 9.88 Å². The van der Waals surface area contributed by atoms with Crippen LogP contribution in [0.1, 0.15) is 28.9 Å². The summed E-state index contributed by atoms with van der Waals surface area (Å²) < 4.78 is 14.7. The second-order valence-electron chi connectivity index (χ2n) is 9.45. The van der Waals surface area contributed by atoms with Crippen LogP contribution in [0.5, 0.6) is 0 Å². The summed E-state index contributed by atoms with van der Waals surface area (Å²) in [4.78, 5) is 23.1. The molecule has 0 saturated heterocycles. The highest BCUT2D eigenvalue weighted by molar-refractivity contribution is 5.92. The molecule has 4 aromatic heterocycles. The lowest BCUT2D eigenvalue weighted by atomic mass is 9.97. The quantitative estimate of drug-likeness (QED) is 0.260. The standard InChI is InChI=1S/C29H29FN8/c1-5-7-24(20-10-19(11-23(30)12-20)8-6-9-38(3)4)26-18(2)34-29(35-26)27-25-13-21(16-33-28(25)37-36-27)22-14-31-17-32-15-22/h5,7,10-17H,1,6,8-9H2,2-4H3,(H,34,35)(H,33,36,37)/b24-7-. The summed E-state index contributed by atoms with van der Waals surface area (Å²) in [7, 11) is 4.07. The van der Waals surface area contributed by atoms with Crippen molar-refractivity contribution >= 4 is 16.6 Å². The molecule has 0 fully saturated rings. The van der Waals surface area contributed by atoms with Crippen LogP contribution >= 0.6 is 0 Å².